The first-order valence-corrected chi connectivity index (χ1v) is 15.4. The van der Waals surface area contributed by atoms with Crippen molar-refractivity contribution < 1.29 is 46.9 Å². The minimum atomic E-state index is -3.71. The standard InChI is InChI=1S/C28H38FO9P/c1-6-35-39(33,36-7-2)16-34-24-14-26(5)21(13-23-28(26,22(32)15-30)38-17(3)37-23)20-9-8-18-12-19(31)10-11-25(18,4)27(20,24)29/h10-12,20-21,23-24,30H,3,6-9,13-16H2,1-2,4-5H3/t20-,21-,23+,24-,25-,26-,27-,28+/m0/s1. The predicted molar refractivity (Wildman–Crippen MR) is 138 cm³/mol. The molecule has 1 saturated heterocycles. The van der Waals surface area contributed by atoms with Gasteiger partial charge in [-0.25, -0.2) is 4.39 Å². The highest BCUT2D eigenvalue weighted by Gasteiger charge is 2.80. The van der Waals surface area contributed by atoms with E-state index >= 15 is 4.39 Å². The Balaban J connectivity index is 1.63. The second-order valence-corrected chi connectivity index (χ2v) is 13.6. The second-order valence-electron chi connectivity index (χ2n) is 11.6. The summed E-state index contributed by atoms with van der Waals surface area (Å²) in [6.07, 6.45) is 3.36. The van der Waals surface area contributed by atoms with Crippen LogP contribution >= 0.6 is 7.60 Å². The number of carbonyl (C=O) groups excluding carboxylic acids is 2. The molecule has 8 atom stereocenters. The average Bonchev–Trinajstić information content (AvgIpc) is 3.34. The van der Waals surface area contributed by atoms with Crippen LogP contribution in [-0.4, -0.2) is 66.3 Å². The van der Waals surface area contributed by atoms with Gasteiger partial charge in [-0.05, 0) is 71.1 Å². The van der Waals surface area contributed by atoms with Crippen molar-refractivity contribution >= 4 is 19.2 Å². The van der Waals surface area contributed by atoms with E-state index in [9.17, 15) is 19.3 Å². The average molecular weight is 569 g/mol. The molecule has 3 saturated carbocycles. The lowest BCUT2D eigenvalue weighted by atomic mass is 9.44. The van der Waals surface area contributed by atoms with Crippen molar-refractivity contribution in [2.24, 2.45) is 22.7 Å². The van der Waals surface area contributed by atoms with E-state index < -0.39 is 66.6 Å². The van der Waals surface area contributed by atoms with Gasteiger partial charge in [-0.2, -0.15) is 0 Å². The topological polar surface area (TPSA) is 118 Å². The van der Waals surface area contributed by atoms with Crippen LogP contribution in [0.4, 0.5) is 4.39 Å². The van der Waals surface area contributed by atoms with Gasteiger partial charge in [0.1, 0.15) is 19.1 Å². The molecule has 5 rings (SSSR count). The van der Waals surface area contributed by atoms with Crippen molar-refractivity contribution in [3.05, 3.63) is 36.3 Å². The maximum Gasteiger partial charge on any atom is 0.356 e. The minimum Gasteiger partial charge on any atom is -0.458 e. The molecule has 39 heavy (non-hydrogen) atoms. The van der Waals surface area contributed by atoms with Gasteiger partial charge in [-0.15, -0.1) is 0 Å². The van der Waals surface area contributed by atoms with Crippen molar-refractivity contribution in [3.8, 4) is 0 Å². The Kier molecular flexibility index (Phi) is 7.08. The summed E-state index contributed by atoms with van der Waals surface area (Å²) in [5.41, 5.74) is -5.08. The van der Waals surface area contributed by atoms with Crippen molar-refractivity contribution in [2.45, 2.75) is 76.9 Å². The SMILES string of the molecule is C=C1O[C@@H]2C[C@H]3[C@@H]4CCC5=CC(=O)C=C[C@]5(C)[C@@]4(F)[C@@H](OCP(=O)(OCC)OCC)C[C@]3(C)[C@]2(C(=O)CO)O1. The summed E-state index contributed by atoms with van der Waals surface area (Å²) in [6, 6.07) is 0. The highest BCUT2D eigenvalue weighted by Crippen LogP contribution is 2.72. The lowest BCUT2D eigenvalue weighted by Crippen LogP contribution is -2.70. The van der Waals surface area contributed by atoms with Gasteiger partial charge in [0, 0.05) is 16.7 Å². The number of carbonyl (C=O) groups is 2. The zero-order valence-corrected chi connectivity index (χ0v) is 23.8. The molecule has 216 valence electrons. The maximum absolute atomic E-state index is 18.2. The van der Waals surface area contributed by atoms with Crippen molar-refractivity contribution in [3.63, 3.8) is 0 Å². The number of ketones is 2. The first kappa shape index (κ1) is 28.7. The molecule has 0 amide bonds. The number of fused-ring (bicyclic) bond motifs is 7. The molecule has 0 aromatic rings. The lowest BCUT2D eigenvalue weighted by Gasteiger charge is -2.63. The lowest BCUT2D eigenvalue weighted by molar-refractivity contribution is -0.227. The molecular formula is C28H38FO9P. The highest BCUT2D eigenvalue weighted by atomic mass is 31.2. The largest absolute Gasteiger partial charge is 0.458 e. The summed E-state index contributed by atoms with van der Waals surface area (Å²) < 4.78 is 60.6. The Morgan fingerprint density at radius 1 is 1.26 bits per heavy atom. The molecule has 1 heterocycles. The van der Waals surface area contributed by atoms with E-state index in [1.54, 1.807) is 26.8 Å². The number of hydrogen-bond donors (Lipinski definition) is 1. The number of aliphatic hydroxyl groups is 1. The van der Waals surface area contributed by atoms with E-state index in [-0.39, 0.29) is 37.3 Å². The van der Waals surface area contributed by atoms with E-state index in [1.807, 2.05) is 6.92 Å². The Hall–Kier alpha value is -1.84. The number of Topliss-reactive ketones (excluding diaryl/α,β-unsaturated/α-hetero) is 1. The third kappa shape index (κ3) is 3.82. The smallest absolute Gasteiger partial charge is 0.356 e. The molecule has 0 spiro atoms. The summed E-state index contributed by atoms with van der Waals surface area (Å²) >= 11 is 0. The van der Waals surface area contributed by atoms with Crippen LogP contribution in [0.25, 0.3) is 0 Å². The van der Waals surface area contributed by atoms with Gasteiger partial charge in [0.2, 0.25) is 11.4 Å². The molecule has 5 aliphatic rings. The zero-order valence-electron chi connectivity index (χ0n) is 22.9. The molecule has 0 radical (unpaired) electrons. The van der Waals surface area contributed by atoms with Crippen LogP contribution < -0.4 is 0 Å². The van der Waals surface area contributed by atoms with Gasteiger partial charge < -0.3 is 28.4 Å². The first-order valence-electron chi connectivity index (χ1n) is 13.7. The Morgan fingerprint density at radius 3 is 2.59 bits per heavy atom. The molecule has 11 heteroatoms. The summed E-state index contributed by atoms with van der Waals surface area (Å²) in [6.45, 7) is 10.2. The Morgan fingerprint density at radius 2 is 1.95 bits per heavy atom. The molecule has 0 aromatic heterocycles. The number of halogens is 1. The van der Waals surface area contributed by atoms with Crippen LogP contribution in [0.15, 0.2) is 36.3 Å². The Bertz CT molecular complexity index is 1170. The number of aliphatic hydroxyl groups excluding tert-OH is 1. The number of ether oxygens (including phenoxy) is 3. The van der Waals surface area contributed by atoms with Gasteiger partial charge in [-0.3, -0.25) is 14.2 Å². The van der Waals surface area contributed by atoms with E-state index in [0.717, 1.165) is 0 Å². The maximum atomic E-state index is 18.2. The van der Waals surface area contributed by atoms with Crippen molar-refractivity contribution in [2.75, 3.05) is 26.2 Å². The minimum absolute atomic E-state index is 0.00640. The number of alkyl halides is 1. The highest BCUT2D eigenvalue weighted by molar-refractivity contribution is 7.53. The van der Waals surface area contributed by atoms with Gasteiger partial charge in [-0.1, -0.05) is 18.6 Å². The second kappa shape index (κ2) is 9.62. The quantitative estimate of drug-likeness (QED) is 0.404. The van der Waals surface area contributed by atoms with E-state index in [0.29, 0.717) is 24.8 Å². The third-order valence-corrected chi connectivity index (χ3v) is 11.7. The fraction of sp³-hybridized carbons (Fsp3) is 0.714. The van der Waals surface area contributed by atoms with Crippen LogP contribution in [0.2, 0.25) is 0 Å². The molecule has 4 fully saturated rings. The van der Waals surface area contributed by atoms with Gasteiger partial charge in [0.05, 0.1) is 19.3 Å². The predicted octanol–water partition coefficient (Wildman–Crippen LogP) is 4.40. The summed E-state index contributed by atoms with van der Waals surface area (Å²) in [5, 5.41) is 9.99. The molecule has 0 aromatic carbocycles. The number of rotatable bonds is 9. The van der Waals surface area contributed by atoms with E-state index in [1.165, 1.54) is 12.2 Å². The summed E-state index contributed by atoms with van der Waals surface area (Å²) in [5.74, 6) is -1.74. The number of hydrogen-bond acceptors (Lipinski definition) is 9. The van der Waals surface area contributed by atoms with Crippen LogP contribution in [-0.2, 0) is 37.4 Å². The fourth-order valence-electron chi connectivity index (χ4n) is 8.36. The number of allylic oxidation sites excluding steroid dienone is 4. The van der Waals surface area contributed by atoms with Gasteiger partial charge >= 0.3 is 7.60 Å². The van der Waals surface area contributed by atoms with Crippen LogP contribution in [0.3, 0.4) is 0 Å². The Labute approximate surface area is 228 Å². The fourth-order valence-corrected chi connectivity index (χ4v) is 9.74. The molecular weight excluding hydrogens is 530 g/mol. The van der Waals surface area contributed by atoms with Crippen molar-refractivity contribution in [1.29, 1.82) is 0 Å². The van der Waals surface area contributed by atoms with Crippen molar-refractivity contribution in [1.82, 2.24) is 0 Å². The van der Waals surface area contributed by atoms with E-state index in [4.69, 9.17) is 23.3 Å². The molecule has 0 bridgehead atoms. The van der Waals surface area contributed by atoms with E-state index in [2.05, 4.69) is 6.58 Å². The molecule has 4 aliphatic carbocycles. The van der Waals surface area contributed by atoms with Crippen LogP contribution in [0.5, 0.6) is 0 Å². The molecule has 1 aliphatic heterocycles. The van der Waals surface area contributed by atoms with Crippen LogP contribution in [0.1, 0.15) is 53.4 Å². The van der Waals surface area contributed by atoms with Gasteiger partial charge in [0.25, 0.3) is 5.95 Å². The van der Waals surface area contributed by atoms with Crippen LogP contribution in [0, 0.1) is 22.7 Å². The molecule has 9 nitrogen and oxygen atoms in total. The zero-order chi connectivity index (χ0) is 28.4. The molecule has 1 N–H and O–H groups in total. The van der Waals surface area contributed by atoms with Gasteiger partial charge in [0.15, 0.2) is 11.5 Å². The third-order valence-electron chi connectivity index (χ3n) is 9.97. The normalized spacial score (nSPS) is 42.6. The first-order chi connectivity index (χ1) is 18.3. The molecule has 0 unspecified atom stereocenters. The summed E-state index contributed by atoms with van der Waals surface area (Å²) in [7, 11) is -3.71. The monoisotopic (exact) mass is 568 g/mol. The summed E-state index contributed by atoms with van der Waals surface area (Å²) in [4.78, 5) is 25.7.